The van der Waals surface area contributed by atoms with Crippen LogP contribution >= 0.6 is 11.5 Å². The van der Waals surface area contributed by atoms with Gasteiger partial charge in [-0.3, -0.25) is 5.41 Å². The fraction of sp³-hybridized carbons (Fsp3) is 0.733. The third-order valence-corrected chi connectivity index (χ3v) is 5.26. The fourth-order valence-electron chi connectivity index (χ4n) is 2.91. The van der Waals surface area contributed by atoms with E-state index in [-0.39, 0.29) is 5.88 Å². The molecular weight excluding hydrogens is 284 g/mol. The molecule has 0 radical (unpaired) electrons. The number of anilines is 1. The van der Waals surface area contributed by atoms with Gasteiger partial charge in [0.2, 0.25) is 5.88 Å². The van der Waals surface area contributed by atoms with E-state index in [0.29, 0.717) is 17.3 Å². The van der Waals surface area contributed by atoms with Gasteiger partial charge in [-0.25, -0.2) is 0 Å². The Kier molecular flexibility index (Phi) is 4.63. The number of rotatable bonds is 6. The number of aromatic nitrogens is 1. The first-order chi connectivity index (χ1) is 10.2. The molecule has 2 saturated carbocycles. The van der Waals surface area contributed by atoms with Crippen molar-refractivity contribution in [1.82, 2.24) is 9.69 Å². The highest BCUT2D eigenvalue weighted by molar-refractivity contribution is 7.10. The highest BCUT2D eigenvalue weighted by Crippen LogP contribution is 2.33. The average molecular weight is 308 g/mol. The maximum Gasteiger partial charge on any atom is 0.236 e. The lowest BCUT2D eigenvalue weighted by Gasteiger charge is -2.22. The molecule has 0 atom stereocenters. The summed E-state index contributed by atoms with van der Waals surface area (Å²) in [5.41, 5.74) is 0.538. The highest BCUT2D eigenvalue weighted by atomic mass is 32.1. The summed E-state index contributed by atoms with van der Waals surface area (Å²) in [4.78, 5) is 0. The minimum Gasteiger partial charge on any atom is -0.492 e. The predicted molar refractivity (Wildman–Crippen MR) is 86.4 cm³/mol. The van der Waals surface area contributed by atoms with Crippen LogP contribution in [0.1, 0.15) is 50.5 Å². The molecule has 0 spiro atoms. The van der Waals surface area contributed by atoms with Gasteiger partial charge in [-0.1, -0.05) is 19.3 Å². The zero-order valence-electron chi connectivity index (χ0n) is 12.3. The van der Waals surface area contributed by atoms with E-state index in [0.717, 1.165) is 24.0 Å². The van der Waals surface area contributed by atoms with E-state index in [4.69, 9.17) is 5.41 Å². The van der Waals surface area contributed by atoms with Crippen molar-refractivity contribution in [1.29, 1.82) is 5.41 Å². The van der Waals surface area contributed by atoms with Crippen molar-refractivity contribution in [2.24, 2.45) is 11.8 Å². The second-order valence-electron chi connectivity index (χ2n) is 6.29. The van der Waals surface area contributed by atoms with E-state index in [2.05, 4.69) is 15.0 Å². The van der Waals surface area contributed by atoms with Gasteiger partial charge < -0.3 is 15.7 Å². The molecule has 0 saturated heterocycles. The van der Waals surface area contributed by atoms with E-state index in [1.807, 2.05) is 0 Å². The number of nitrogens with one attached hydrogen (secondary N) is 3. The van der Waals surface area contributed by atoms with Gasteiger partial charge in [-0.05, 0) is 49.1 Å². The van der Waals surface area contributed by atoms with Crippen LogP contribution in [0, 0.1) is 17.2 Å². The molecular formula is C15H24N4OS. The van der Waals surface area contributed by atoms with Crippen LogP contribution in [0.5, 0.6) is 5.88 Å². The molecule has 0 aromatic carbocycles. The minimum absolute atomic E-state index is 0.0283. The molecule has 2 aliphatic carbocycles. The van der Waals surface area contributed by atoms with Gasteiger partial charge in [0.05, 0.1) is 0 Å². The minimum atomic E-state index is -0.0283. The first-order valence-corrected chi connectivity index (χ1v) is 8.76. The van der Waals surface area contributed by atoms with Gasteiger partial charge >= 0.3 is 0 Å². The Morgan fingerprint density at radius 3 is 2.57 bits per heavy atom. The van der Waals surface area contributed by atoms with Gasteiger partial charge in [-0.15, -0.1) is 0 Å². The van der Waals surface area contributed by atoms with Gasteiger partial charge in [0.15, 0.2) is 0 Å². The Morgan fingerprint density at radius 1 is 1.14 bits per heavy atom. The molecule has 5 nitrogen and oxygen atoms in total. The molecule has 1 aromatic heterocycles. The van der Waals surface area contributed by atoms with Gasteiger partial charge in [-0.2, -0.15) is 4.37 Å². The van der Waals surface area contributed by atoms with Crippen LogP contribution in [0.15, 0.2) is 0 Å². The molecule has 0 aliphatic heterocycles. The second-order valence-corrected chi connectivity index (χ2v) is 7.07. The topological polar surface area (TPSA) is 81.0 Å². The molecule has 6 heteroatoms. The lowest BCUT2D eigenvalue weighted by Crippen LogP contribution is -2.30. The molecule has 3 rings (SSSR count). The van der Waals surface area contributed by atoms with Crippen LogP contribution < -0.4 is 10.6 Å². The van der Waals surface area contributed by atoms with Gasteiger partial charge in [0, 0.05) is 13.1 Å². The lowest BCUT2D eigenvalue weighted by atomic mass is 9.89. The Hall–Kier alpha value is -1.30. The number of hydrogen-bond acceptors (Lipinski definition) is 5. The van der Waals surface area contributed by atoms with E-state index in [1.165, 1.54) is 56.5 Å². The summed E-state index contributed by atoms with van der Waals surface area (Å²) >= 11 is 1.24. The van der Waals surface area contributed by atoms with E-state index < -0.39 is 0 Å². The van der Waals surface area contributed by atoms with Crippen molar-refractivity contribution < 1.29 is 5.11 Å². The fourth-order valence-corrected chi connectivity index (χ4v) is 3.61. The first kappa shape index (κ1) is 14.6. The van der Waals surface area contributed by atoms with E-state index >= 15 is 0 Å². The van der Waals surface area contributed by atoms with Crippen molar-refractivity contribution in [2.75, 3.05) is 18.4 Å². The molecule has 1 heterocycles. The van der Waals surface area contributed by atoms with Crippen molar-refractivity contribution in [3.05, 3.63) is 5.56 Å². The summed E-state index contributed by atoms with van der Waals surface area (Å²) < 4.78 is 3.98. The maximum atomic E-state index is 9.90. The van der Waals surface area contributed by atoms with Crippen molar-refractivity contribution >= 4 is 22.4 Å². The molecule has 4 N–H and O–H groups in total. The van der Waals surface area contributed by atoms with Crippen LogP contribution in [0.4, 0.5) is 5.00 Å². The molecule has 1 aromatic rings. The molecule has 2 aliphatic rings. The predicted octanol–water partition coefficient (Wildman–Crippen LogP) is 3.17. The highest BCUT2D eigenvalue weighted by Gasteiger charge is 2.24. The van der Waals surface area contributed by atoms with Crippen LogP contribution in [0.25, 0.3) is 0 Å². The number of hydrogen-bond donors (Lipinski definition) is 4. The molecule has 0 bridgehead atoms. The Balaban J connectivity index is 1.55. The summed E-state index contributed by atoms with van der Waals surface area (Å²) in [6.07, 6.45) is 9.02. The van der Waals surface area contributed by atoms with Crippen LogP contribution in [0.3, 0.4) is 0 Å². The monoisotopic (exact) mass is 308 g/mol. The molecule has 0 unspecified atom stereocenters. The zero-order chi connectivity index (χ0) is 14.7. The van der Waals surface area contributed by atoms with Crippen LogP contribution in [-0.2, 0) is 0 Å². The normalized spacial score (nSPS) is 19.4. The maximum absolute atomic E-state index is 9.90. The largest absolute Gasteiger partial charge is 0.492 e. The zero-order valence-corrected chi connectivity index (χ0v) is 13.1. The Labute approximate surface area is 129 Å². The average Bonchev–Trinajstić information content (AvgIpc) is 3.26. The van der Waals surface area contributed by atoms with Gasteiger partial charge in [0.25, 0.3) is 0 Å². The summed E-state index contributed by atoms with van der Waals surface area (Å²) in [7, 11) is 0. The summed E-state index contributed by atoms with van der Waals surface area (Å²) in [5, 5.41) is 25.4. The summed E-state index contributed by atoms with van der Waals surface area (Å²) in [5.74, 6) is 1.69. The van der Waals surface area contributed by atoms with Crippen molar-refractivity contribution in [3.63, 3.8) is 0 Å². The Bertz CT molecular complexity index is 492. The SMILES string of the molecule is N=C(NCC1CCCCC1)c1c(O)nsc1NCC1CC1. The summed E-state index contributed by atoms with van der Waals surface area (Å²) in [6, 6.07) is 0. The van der Waals surface area contributed by atoms with E-state index in [9.17, 15) is 5.11 Å². The van der Waals surface area contributed by atoms with Gasteiger partial charge in [0.1, 0.15) is 16.4 Å². The third kappa shape index (κ3) is 3.87. The number of nitrogens with zero attached hydrogens (tertiary/aromatic N) is 1. The van der Waals surface area contributed by atoms with Crippen LogP contribution in [-0.4, -0.2) is 28.4 Å². The van der Waals surface area contributed by atoms with Crippen molar-refractivity contribution in [3.8, 4) is 5.88 Å². The molecule has 116 valence electrons. The first-order valence-electron chi connectivity index (χ1n) is 7.99. The standard InChI is InChI=1S/C15H24N4OS/c16-13(17-8-10-4-2-1-3-5-10)12-14(20)19-21-15(12)18-9-11-6-7-11/h10-11,18H,1-9H2,(H2,16,17)(H,19,20). The van der Waals surface area contributed by atoms with Crippen LogP contribution in [0.2, 0.25) is 0 Å². The molecule has 2 fully saturated rings. The van der Waals surface area contributed by atoms with E-state index in [1.54, 1.807) is 0 Å². The quantitative estimate of drug-likeness (QED) is 0.481. The number of aromatic hydroxyl groups is 1. The molecule has 0 amide bonds. The smallest absolute Gasteiger partial charge is 0.236 e. The number of amidine groups is 1. The van der Waals surface area contributed by atoms with Crippen molar-refractivity contribution in [2.45, 2.75) is 44.9 Å². The molecule has 21 heavy (non-hydrogen) atoms. The Morgan fingerprint density at radius 2 is 1.86 bits per heavy atom. The third-order valence-electron chi connectivity index (χ3n) is 4.46. The lowest BCUT2D eigenvalue weighted by molar-refractivity contribution is 0.356. The second kappa shape index (κ2) is 6.64. The summed E-state index contributed by atoms with van der Waals surface area (Å²) in [6.45, 7) is 1.75.